The van der Waals surface area contributed by atoms with Gasteiger partial charge in [0.2, 0.25) is 0 Å². The van der Waals surface area contributed by atoms with E-state index >= 15 is 0 Å². The predicted molar refractivity (Wildman–Crippen MR) is 88.2 cm³/mol. The summed E-state index contributed by atoms with van der Waals surface area (Å²) in [5.74, 6) is 0.689. The molecule has 0 saturated carbocycles. The van der Waals surface area contributed by atoms with Gasteiger partial charge in [-0.1, -0.05) is 64.1 Å². The summed E-state index contributed by atoms with van der Waals surface area (Å²) in [5.41, 5.74) is 2.29. The Balaban J connectivity index is 2.79. The molecule has 2 aromatic carbocycles. The van der Waals surface area contributed by atoms with Gasteiger partial charge in [0, 0.05) is 5.56 Å². The summed E-state index contributed by atoms with van der Waals surface area (Å²) in [7, 11) is 1.59. The molecular formula is C14H9Cl5O. The van der Waals surface area contributed by atoms with E-state index in [0.717, 1.165) is 11.1 Å². The second kappa shape index (κ2) is 6.21. The lowest BCUT2D eigenvalue weighted by molar-refractivity contribution is 0.414. The van der Waals surface area contributed by atoms with Gasteiger partial charge in [0.25, 0.3) is 0 Å². The quantitative estimate of drug-likeness (QED) is 0.411. The van der Waals surface area contributed by atoms with Crippen LogP contribution in [0.4, 0.5) is 0 Å². The SMILES string of the molecule is COc1cc(C)cc(-c2c(Cl)c(Cl)c(Cl)c(Cl)c2Cl)c1. The van der Waals surface area contributed by atoms with Crippen molar-refractivity contribution < 1.29 is 4.74 Å². The monoisotopic (exact) mass is 368 g/mol. The van der Waals surface area contributed by atoms with Gasteiger partial charge in [0.15, 0.2) is 0 Å². The van der Waals surface area contributed by atoms with Crippen molar-refractivity contribution in [2.45, 2.75) is 6.92 Å². The topological polar surface area (TPSA) is 9.23 Å². The van der Waals surface area contributed by atoms with Crippen molar-refractivity contribution >= 4 is 58.0 Å². The van der Waals surface area contributed by atoms with Gasteiger partial charge < -0.3 is 4.74 Å². The van der Waals surface area contributed by atoms with Crippen molar-refractivity contribution in [1.82, 2.24) is 0 Å². The van der Waals surface area contributed by atoms with Crippen molar-refractivity contribution in [3.05, 3.63) is 48.9 Å². The first-order valence-corrected chi connectivity index (χ1v) is 7.43. The van der Waals surface area contributed by atoms with Crippen LogP contribution in [0, 0.1) is 6.92 Å². The largest absolute Gasteiger partial charge is 0.497 e. The number of hydrogen-bond acceptors (Lipinski definition) is 1. The molecule has 6 heteroatoms. The third kappa shape index (κ3) is 2.84. The maximum absolute atomic E-state index is 6.26. The maximum atomic E-state index is 6.26. The minimum atomic E-state index is 0.145. The van der Waals surface area contributed by atoms with E-state index in [4.69, 9.17) is 62.7 Å². The van der Waals surface area contributed by atoms with E-state index in [1.807, 2.05) is 19.1 Å². The van der Waals surface area contributed by atoms with E-state index in [1.165, 1.54) is 0 Å². The van der Waals surface area contributed by atoms with Crippen molar-refractivity contribution in [2.75, 3.05) is 7.11 Å². The number of benzene rings is 2. The van der Waals surface area contributed by atoms with Crippen LogP contribution >= 0.6 is 58.0 Å². The molecule has 2 aromatic rings. The van der Waals surface area contributed by atoms with E-state index in [-0.39, 0.29) is 25.1 Å². The molecule has 0 unspecified atom stereocenters. The Morgan fingerprint density at radius 3 is 1.75 bits per heavy atom. The Hall–Kier alpha value is -0.310. The molecule has 0 N–H and O–H groups in total. The van der Waals surface area contributed by atoms with Crippen LogP contribution in [-0.2, 0) is 0 Å². The van der Waals surface area contributed by atoms with Gasteiger partial charge >= 0.3 is 0 Å². The number of halogens is 5. The van der Waals surface area contributed by atoms with Crippen LogP contribution in [0.15, 0.2) is 18.2 Å². The Morgan fingerprint density at radius 2 is 1.25 bits per heavy atom. The molecule has 0 saturated heterocycles. The fourth-order valence-corrected chi connectivity index (χ4v) is 3.23. The zero-order chi connectivity index (χ0) is 15.0. The van der Waals surface area contributed by atoms with Crippen LogP contribution in [-0.4, -0.2) is 7.11 Å². The van der Waals surface area contributed by atoms with E-state index in [2.05, 4.69) is 0 Å². The summed E-state index contributed by atoms with van der Waals surface area (Å²) in [6, 6.07) is 5.61. The van der Waals surface area contributed by atoms with Gasteiger partial charge in [-0.2, -0.15) is 0 Å². The van der Waals surface area contributed by atoms with Gasteiger partial charge in [-0.15, -0.1) is 0 Å². The van der Waals surface area contributed by atoms with Gasteiger partial charge in [0.05, 0.1) is 32.2 Å². The molecule has 0 aliphatic rings. The highest BCUT2D eigenvalue weighted by atomic mass is 35.5. The third-order valence-electron chi connectivity index (χ3n) is 2.79. The Bertz CT molecular complexity index is 653. The van der Waals surface area contributed by atoms with Crippen molar-refractivity contribution in [2.24, 2.45) is 0 Å². The first-order valence-electron chi connectivity index (χ1n) is 5.54. The number of rotatable bonds is 2. The van der Waals surface area contributed by atoms with E-state index < -0.39 is 0 Å². The fraction of sp³-hybridized carbons (Fsp3) is 0.143. The summed E-state index contributed by atoms with van der Waals surface area (Å²) in [6.45, 7) is 1.94. The molecule has 0 amide bonds. The lowest BCUT2D eigenvalue weighted by atomic mass is 10.0. The number of methoxy groups -OCH3 is 1. The molecule has 0 aliphatic carbocycles. The normalized spacial score (nSPS) is 10.8. The van der Waals surface area contributed by atoms with Crippen LogP contribution in [0.3, 0.4) is 0 Å². The summed E-state index contributed by atoms with van der Waals surface area (Å²) >= 11 is 30.7. The van der Waals surface area contributed by atoms with Crippen LogP contribution in [0.1, 0.15) is 5.56 Å². The molecule has 0 atom stereocenters. The predicted octanol–water partition coefficient (Wildman–Crippen LogP) is 6.94. The lowest BCUT2D eigenvalue weighted by Gasteiger charge is -2.14. The summed E-state index contributed by atoms with van der Waals surface area (Å²) in [6.07, 6.45) is 0. The highest BCUT2D eigenvalue weighted by molar-refractivity contribution is 6.56. The van der Waals surface area contributed by atoms with E-state index in [9.17, 15) is 0 Å². The molecule has 0 spiro atoms. The Morgan fingerprint density at radius 1 is 0.750 bits per heavy atom. The minimum Gasteiger partial charge on any atom is -0.497 e. The molecular weight excluding hydrogens is 361 g/mol. The number of ether oxygens (including phenoxy) is 1. The van der Waals surface area contributed by atoms with E-state index in [1.54, 1.807) is 13.2 Å². The average Bonchev–Trinajstić information content (AvgIpc) is 2.42. The molecule has 0 aromatic heterocycles. The van der Waals surface area contributed by atoms with Gasteiger partial charge in [0.1, 0.15) is 5.75 Å². The Kier molecular flexibility index (Phi) is 4.99. The fourth-order valence-electron chi connectivity index (χ4n) is 1.87. The number of aryl methyl sites for hydroxylation is 1. The second-order valence-corrected chi connectivity index (χ2v) is 6.07. The van der Waals surface area contributed by atoms with Crippen molar-refractivity contribution in [1.29, 1.82) is 0 Å². The summed E-state index contributed by atoms with van der Waals surface area (Å²) < 4.78 is 5.24. The van der Waals surface area contributed by atoms with Gasteiger partial charge in [-0.3, -0.25) is 0 Å². The molecule has 1 nitrogen and oxygen atoms in total. The van der Waals surface area contributed by atoms with Crippen molar-refractivity contribution in [3.63, 3.8) is 0 Å². The summed E-state index contributed by atoms with van der Waals surface area (Å²) in [4.78, 5) is 0. The van der Waals surface area contributed by atoms with Crippen LogP contribution in [0.25, 0.3) is 11.1 Å². The van der Waals surface area contributed by atoms with Gasteiger partial charge in [-0.05, 0) is 30.2 Å². The minimum absolute atomic E-state index is 0.145. The molecule has 0 fully saturated rings. The van der Waals surface area contributed by atoms with Crippen molar-refractivity contribution in [3.8, 4) is 16.9 Å². The second-order valence-electron chi connectivity index (χ2n) is 4.18. The first kappa shape index (κ1) is 16.1. The highest BCUT2D eigenvalue weighted by Crippen LogP contribution is 2.48. The maximum Gasteiger partial charge on any atom is 0.119 e. The number of hydrogen-bond donors (Lipinski definition) is 0. The molecule has 0 aliphatic heterocycles. The molecule has 20 heavy (non-hydrogen) atoms. The van der Waals surface area contributed by atoms with Crippen LogP contribution in [0.2, 0.25) is 25.1 Å². The summed E-state index contributed by atoms with van der Waals surface area (Å²) in [5, 5.41) is 1.03. The Labute approximate surface area is 142 Å². The lowest BCUT2D eigenvalue weighted by Crippen LogP contribution is -1.90. The molecule has 0 radical (unpaired) electrons. The molecule has 0 heterocycles. The standard InChI is InChI=1S/C14H9Cl5O/c1-6-3-7(5-8(4-6)20-2)9-10(15)12(17)14(19)13(18)11(9)16/h3-5H,1-2H3. The zero-order valence-electron chi connectivity index (χ0n) is 10.5. The molecule has 106 valence electrons. The average molecular weight is 370 g/mol. The molecule has 2 rings (SSSR count). The van der Waals surface area contributed by atoms with Crippen LogP contribution < -0.4 is 4.74 Å². The smallest absolute Gasteiger partial charge is 0.119 e. The van der Waals surface area contributed by atoms with Gasteiger partial charge in [-0.25, -0.2) is 0 Å². The first-order chi connectivity index (χ1) is 9.36. The third-order valence-corrected chi connectivity index (χ3v) is 5.06. The highest BCUT2D eigenvalue weighted by Gasteiger charge is 2.20. The molecule has 0 bridgehead atoms. The van der Waals surface area contributed by atoms with E-state index in [0.29, 0.717) is 11.3 Å². The van der Waals surface area contributed by atoms with Crippen LogP contribution in [0.5, 0.6) is 5.75 Å². The zero-order valence-corrected chi connectivity index (χ0v) is 14.3.